The van der Waals surface area contributed by atoms with Crippen molar-refractivity contribution in [3.63, 3.8) is 0 Å². The molecule has 0 atom stereocenters. The first-order chi connectivity index (χ1) is 27.2. The SMILES string of the molecule is CCCCCCCCOc1ccc(C(OCCCCCCCC)(c2ccccc2)c2ccccc2)c(OCCCCCCCC)c1OCCCCCCCC. The van der Waals surface area contributed by atoms with Gasteiger partial charge >= 0.3 is 0 Å². The smallest absolute Gasteiger partial charge is 0.204 e. The van der Waals surface area contributed by atoms with E-state index in [1.807, 2.05) is 0 Å². The molecular weight excluding hydrogens is 677 g/mol. The summed E-state index contributed by atoms with van der Waals surface area (Å²) >= 11 is 0. The van der Waals surface area contributed by atoms with Crippen LogP contribution < -0.4 is 14.2 Å². The van der Waals surface area contributed by atoms with Gasteiger partial charge in [-0.15, -0.1) is 0 Å². The average molecular weight is 757 g/mol. The van der Waals surface area contributed by atoms with Gasteiger partial charge in [0, 0.05) is 12.2 Å². The first-order valence-electron chi connectivity index (χ1n) is 23.0. The van der Waals surface area contributed by atoms with E-state index in [0.717, 1.165) is 66.0 Å². The molecule has 0 N–H and O–H groups in total. The average Bonchev–Trinajstić information content (AvgIpc) is 3.22. The molecule has 308 valence electrons. The van der Waals surface area contributed by atoms with E-state index in [1.54, 1.807) is 0 Å². The normalized spacial score (nSPS) is 11.6. The Labute approximate surface area is 338 Å². The first kappa shape index (κ1) is 46.4. The Bertz CT molecular complexity index is 1280. The van der Waals surface area contributed by atoms with Crippen LogP contribution >= 0.6 is 0 Å². The first-order valence-corrected chi connectivity index (χ1v) is 23.0. The summed E-state index contributed by atoms with van der Waals surface area (Å²) in [5.41, 5.74) is 2.29. The van der Waals surface area contributed by atoms with E-state index in [1.165, 1.54) is 122 Å². The van der Waals surface area contributed by atoms with Gasteiger partial charge in [-0.1, -0.05) is 217 Å². The molecule has 0 bridgehead atoms. The van der Waals surface area contributed by atoms with Gasteiger partial charge in [0.1, 0.15) is 5.60 Å². The summed E-state index contributed by atoms with van der Waals surface area (Å²) in [6.07, 6.45) is 29.1. The van der Waals surface area contributed by atoms with Crippen LogP contribution in [0.15, 0.2) is 72.8 Å². The fourth-order valence-corrected chi connectivity index (χ4v) is 7.57. The van der Waals surface area contributed by atoms with Gasteiger partial charge in [0.2, 0.25) is 5.75 Å². The van der Waals surface area contributed by atoms with Crippen molar-refractivity contribution in [2.75, 3.05) is 26.4 Å². The maximum Gasteiger partial charge on any atom is 0.204 e. The minimum atomic E-state index is -0.890. The summed E-state index contributed by atoms with van der Waals surface area (Å²) < 4.78 is 27.9. The second-order valence-corrected chi connectivity index (χ2v) is 15.6. The van der Waals surface area contributed by atoms with E-state index in [9.17, 15) is 0 Å². The van der Waals surface area contributed by atoms with Gasteiger partial charge in [-0.05, 0) is 48.9 Å². The van der Waals surface area contributed by atoms with Gasteiger partial charge in [0.25, 0.3) is 0 Å². The van der Waals surface area contributed by atoms with Crippen molar-refractivity contribution in [1.82, 2.24) is 0 Å². The number of hydrogen-bond acceptors (Lipinski definition) is 4. The standard InChI is InChI=1S/C51H80O4/c1-5-9-13-17-21-31-41-52-48-40-39-47(49(53-42-32-22-18-14-10-6-2)50(48)54-43-33-23-19-15-11-7-3)51(45-35-27-25-28-36-45,46-37-29-26-30-38-46)55-44-34-24-20-16-12-8-4/h25-30,35-40H,5-24,31-34,41-44H2,1-4H3. The molecule has 3 aromatic rings. The van der Waals surface area contributed by atoms with E-state index in [4.69, 9.17) is 18.9 Å². The zero-order valence-corrected chi connectivity index (χ0v) is 35.9. The summed E-state index contributed by atoms with van der Waals surface area (Å²) in [5, 5.41) is 0. The molecule has 0 aliphatic carbocycles. The van der Waals surface area contributed by atoms with Crippen LogP contribution in [0.1, 0.15) is 198 Å². The summed E-state index contributed by atoms with van der Waals surface area (Å²) in [5.74, 6) is 2.30. The lowest BCUT2D eigenvalue weighted by Crippen LogP contribution is -2.34. The van der Waals surface area contributed by atoms with Crippen LogP contribution in [0.25, 0.3) is 0 Å². The number of hydrogen-bond donors (Lipinski definition) is 0. The fraction of sp³-hybridized carbons (Fsp3) is 0.647. The number of ether oxygens (including phenoxy) is 4. The van der Waals surface area contributed by atoms with Gasteiger partial charge in [-0.2, -0.15) is 0 Å². The largest absolute Gasteiger partial charge is 0.490 e. The van der Waals surface area contributed by atoms with Crippen LogP contribution in [0.2, 0.25) is 0 Å². The van der Waals surface area contributed by atoms with Gasteiger partial charge in [-0.3, -0.25) is 0 Å². The molecule has 55 heavy (non-hydrogen) atoms. The molecular formula is C51H80O4. The number of benzene rings is 3. The van der Waals surface area contributed by atoms with E-state index in [2.05, 4.69) is 100 Å². The van der Waals surface area contributed by atoms with Crippen LogP contribution in [0.4, 0.5) is 0 Å². The van der Waals surface area contributed by atoms with E-state index < -0.39 is 5.60 Å². The summed E-state index contributed by atoms with van der Waals surface area (Å²) in [7, 11) is 0. The van der Waals surface area contributed by atoms with Crippen molar-refractivity contribution in [3.05, 3.63) is 89.5 Å². The summed E-state index contributed by atoms with van der Waals surface area (Å²) in [6.45, 7) is 11.7. The number of unbranched alkanes of at least 4 members (excludes halogenated alkanes) is 20. The fourth-order valence-electron chi connectivity index (χ4n) is 7.57. The van der Waals surface area contributed by atoms with Crippen LogP contribution in [-0.2, 0) is 10.3 Å². The second kappa shape index (κ2) is 30.2. The minimum Gasteiger partial charge on any atom is -0.490 e. The number of rotatable bonds is 35. The van der Waals surface area contributed by atoms with Crippen molar-refractivity contribution in [1.29, 1.82) is 0 Å². The maximum absolute atomic E-state index is 7.35. The molecule has 3 rings (SSSR count). The minimum absolute atomic E-state index is 0.629. The topological polar surface area (TPSA) is 36.9 Å². The molecule has 4 heteroatoms. The highest BCUT2D eigenvalue weighted by Gasteiger charge is 2.41. The molecule has 3 aromatic carbocycles. The third kappa shape index (κ3) is 17.0. The second-order valence-electron chi connectivity index (χ2n) is 15.6. The predicted octanol–water partition coefficient (Wildman–Crippen LogP) is 15.6. The van der Waals surface area contributed by atoms with Crippen molar-refractivity contribution in [2.45, 2.75) is 187 Å². The lowest BCUT2D eigenvalue weighted by atomic mass is 9.79. The predicted molar refractivity (Wildman–Crippen MR) is 235 cm³/mol. The highest BCUT2D eigenvalue weighted by molar-refractivity contribution is 5.62. The Morgan fingerprint density at radius 2 is 0.709 bits per heavy atom. The highest BCUT2D eigenvalue weighted by atomic mass is 16.5. The van der Waals surface area contributed by atoms with Gasteiger partial charge in [-0.25, -0.2) is 0 Å². The Morgan fingerprint density at radius 3 is 1.15 bits per heavy atom. The molecule has 0 aliphatic heterocycles. The molecule has 0 fully saturated rings. The monoisotopic (exact) mass is 757 g/mol. The lowest BCUT2D eigenvalue weighted by molar-refractivity contribution is 0.00828. The van der Waals surface area contributed by atoms with E-state index in [-0.39, 0.29) is 0 Å². The quantitative estimate of drug-likeness (QED) is 0.0442. The molecule has 0 unspecified atom stereocenters. The Hall–Kier alpha value is -2.98. The molecule has 0 heterocycles. The lowest BCUT2D eigenvalue weighted by Gasteiger charge is -2.37. The molecule has 0 aliphatic rings. The maximum atomic E-state index is 7.35. The van der Waals surface area contributed by atoms with Crippen molar-refractivity contribution in [2.24, 2.45) is 0 Å². The van der Waals surface area contributed by atoms with Gasteiger partial charge in [0.15, 0.2) is 11.5 Å². The third-order valence-electron chi connectivity index (χ3n) is 10.9. The van der Waals surface area contributed by atoms with Crippen LogP contribution in [0.5, 0.6) is 17.2 Å². The van der Waals surface area contributed by atoms with E-state index >= 15 is 0 Å². The molecule has 0 amide bonds. The van der Waals surface area contributed by atoms with Crippen molar-refractivity contribution in [3.8, 4) is 17.2 Å². The van der Waals surface area contributed by atoms with Crippen molar-refractivity contribution < 1.29 is 18.9 Å². The molecule has 0 radical (unpaired) electrons. The highest BCUT2D eigenvalue weighted by Crippen LogP contribution is 2.51. The zero-order valence-electron chi connectivity index (χ0n) is 35.9. The Morgan fingerprint density at radius 1 is 0.345 bits per heavy atom. The summed E-state index contributed by atoms with van der Waals surface area (Å²) in [4.78, 5) is 0. The molecule has 0 aromatic heterocycles. The Kier molecular flexibility index (Phi) is 25.5. The van der Waals surface area contributed by atoms with Crippen LogP contribution in [0, 0.1) is 0 Å². The molecule has 4 nitrogen and oxygen atoms in total. The van der Waals surface area contributed by atoms with Gasteiger partial charge < -0.3 is 18.9 Å². The van der Waals surface area contributed by atoms with E-state index in [0.29, 0.717) is 26.4 Å². The summed E-state index contributed by atoms with van der Waals surface area (Å²) in [6, 6.07) is 25.9. The zero-order chi connectivity index (χ0) is 39.1. The molecule has 0 spiro atoms. The van der Waals surface area contributed by atoms with Crippen LogP contribution in [-0.4, -0.2) is 26.4 Å². The third-order valence-corrected chi connectivity index (χ3v) is 10.9. The van der Waals surface area contributed by atoms with Crippen molar-refractivity contribution >= 4 is 0 Å². The van der Waals surface area contributed by atoms with Crippen LogP contribution in [0.3, 0.4) is 0 Å². The molecule has 0 saturated heterocycles. The molecule has 0 saturated carbocycles. The Balaban J connectivity index is 2.09. The van der Waals surface area contributed by atoms with Gasteiger partial charge in [0.05, 0.1) is 19.8 Å².